The van der Waals surface area contributed by atoms with E-state index >= 15 is 0 Å². The predicted molar refractivity (Wildman–Crippen MR) is 131 cm³/mol. The van der Waals surface area contributed by atoms with Crippen LogP contribution in [0.2, 0.25) is 0 Å². The lowest BCUT2D eigenvalue weighted by molar-refractivity contribution is 0.101. The van der Waals surface area contributed by atoms with Crippen LogP contribution in [0.1, 0.15) is 30.5 Å². The van der Waals surface area contributed by atoms with Gasteiger partial charge in [0.2, 0.25) is 0 Å². The second-order valence-corrected chi connectivity index (χ2v) is 9.82. The summed E-state index contributed by atoms with van der Waals surface area (Å²) in [6, 6.07) is 6.47. The topological polar surface area (TPSA) is 127 Å². The number of fused-ring (bicyclic) bond motifs is 2. The SMILES string of the molecule is Cc1cn2c(=O)c(C(=O)Nc3ccccc3NC(=O)c3cnc4sc(C)cn4c3=O)cnc2s1. The van der Waals surface area contributed by atoms with Crippen LogP contribution in [0.25, 0.3) is 9.92 Å². The van der Waals surface area contributed by atoms with Crippen molar-refractivity contribution in [2.75, 3.05) is 10.6 Å². The number of amides is 2. The van der Waals surface area contributed by atoms with Gasteiger partial charge in [0.15, 0.2) is 9.92 Å². The van der Waals surface area contributed by atoms with Gasteiger partial charge < -0.3 is 10.6 Å². The normalized spacial score (nSPS) is 11.1. The van der Waals surface area contributed by atoms with Crippen LogP contribution in [-0.4, -0.2) is 30.6 Å². The van der Waals surface area contributed by atoms with E-state index in [0.717, 1.165) is 9.75 Å². The molecule has 34 heavy (non-hydrogen) atoms. The molecule has 0 aliphatic rings. The van der Waals surface area contributed by atoms with Gasteiger partial charge in [0.1, 0.15) is 11.1 Å². The summed E-state index contributed by atoms with van der Waals surface area (Å²) in [6.45, 7) is 3.69. The number of carbonyl (C=O) groups excluding carboxylic acids is 2. The summed E-state index contributed by atoms with van der Waals surface area (Å²) in [6.07, 6.45) is 5.71. The lowest BCUT2D eigenvalue weighted by Crippen LogP contribution is -2.27. The van der Waals surface area contributed by atoms with E-state index < -0.39 is 22.9 Å². The number of aromatic nitrogens is 4. The van der Waals surface area contributed by atoms with Gasteiger partial charge in [0.25, 0.3) is 22.9 Å². The van der Waals surface area contributed by atoms with Gasteiger partial charge in [-0.3, -0.25) is 28.0 Å². The van der Waals surface area contributed by atoms with Gasteiger partial charge in [-0.1, -0.05) is 12.1 Å². The molecule has 2 amide bonds. The first-order chi connectivity index (χ1) is 16.3. The van der Waals surface area contributed by atoms with Gasteiger partial charge in [-0.15, -0.1) is 22.7 Å². The fraction of sp³-hybridized carbons (Fsp3) is 0.0909. The average Bonchev–Trinajstić information content (AvgIpc) is 3.37. The van der Waals surface area contributed by atoms with E-state index in [-0.39, 0.29) is 22.5 Å². The smallest absolute Gasteiger partial charge is 0.271 e. The lowest BCUT2D eigenvalue weighted by atomic mass is 10.2. The third-order valence-corrected chi connectivity index (χ3v) is 6.78. The monoisotopic (exact) mass is 492 g/mol. The summed E-state index contributed by atoms with van der Waals surface area (Å²) in [5, 5.41) is 5.29. The Hall–Kier alpha value is -4.16. The molecule has 0 radical (unpaired) electrons. The highest BCUT2D eigenvalue weighted by atomic mass is 32.1. The molecule has 0 saturated heterocycles. The molecule has 0 unspecified atom stereocenters. The van der Waals surface area contributed by atoms with Crippen LogP contribution in [0.5, 0.6) is 0 Å². The summed E-state index contributed by atoms with van der Waals surface area (Å²) >= 11 is 2.68. The van der Waals surface area contributed by atoms with Crippen molar-refractivity contribution in [1.82, 2.24) is 18.8 Å². The molecule has 4 heterocycles. The molecule has 0 aliphatic heterocycles. The molecule has 0 fully saturated rings. The first-order valence-electron chi connectivity index (χ1n) is 9.99. The molecule has 0 spiro atoms. The Kier molecular flexibility index (Phi) is 5.30. The maximum absolute atomic E-state index is 12.9. The molecule has 2 N–H and O–H groups in total. The Morgan fingerprint density at radius 3 is 1.59 bits per heavy atom. The van der Waals surface area contributed by atoms with E-state index in [2.05, 4.69) is 20.6 Å². The Morgan fingerprint density at radius 2 is 1.18 bits per heavy atom. The van der Waals surface area contributed by atoms with Gasteiger partial charge in [-0.05, 0) is 26.0 Å². The molecule has 1 aromatic carbocycles. The standard InChI is InChI=1S/C22H16N6O4S2/c1-11-9-27-19(31)13(7-23-21(27)33-11)17(29)25-15-5-3-4-6-16(15)26-18(30)14-8-24-22-28(20(14)32)10-12(2)34-22/h3-10H,1-2H3,(H,25,29)(H,26,30). The quantitative estimate of drug-likeness (QED) is 0.397. The second kappa shape index (κ2) is 8.32. The van der Waals surface area contributed by atoms with Crippen molar-refractivity contribution >= 4 is 55.8 Å². The van der Waals surface area contributed by atoms with Gasteiger partial charge in [0.05, 0.1) is 11.4 Å². The fourth-order valence-electron chi connectivity index (χ4n) is 3.38. The number of anilines is 2. The van der Waals surface area contributed by atoms with Crippen molar-refractivity contribution in [3.8, 4) is 0 Å². The largest absolute Gasteiger partial charge is 0.320 e. The van der Waals surface area contributed by atoms with Gasteiger partial charge in [0, 0.05) is 34.5 Å². The van der Waals surface area contributed by atoms with Crippen molar-refractivity contribution in [2.45, 2.75) is 13.8 Å². The number of nitrogens with one attached hydrogen (secondary N) is 2. The number of hydrogen-bond donors (Lipinski definition) is 2. The van der Waals surface area contributed by atoms with Crippen molar-refractivity contribution < 1.29 is 9.59 Å². The molecular weight excluding hydrogens is 476 g/mol. The molecule has 0 bridgehead atoms. The van der Waals surface area contributed by atoms with Crippen LogP contribution in [0.15, 0.2) is 58.6 Å². The number of carbonyl (C=O) groups is 2. The molecule has 170 valence electrons. The molecule has 5 aromatic rings. The van der Waals surface area contributed by atoms with Gasteiger partial charge in [-0.25, -0.2) is 9.97 Å². The fourth-order valence-corrected chi connectivity index (χ4v) is 4.95. The van der Waals surface area contributed by atoms with E-state index in [1.807, 2.05) is 13.8 Å². The molecule has 5 rings (SSSR count). The Bertz CT molecular complexity index is 1600. The molecule has 0 aliphatic carbocycles. The Morgan fingerprint density at radius 1 is 0.765 bits per heavy atom. The van der Waals surface area contributed by atoms with E-state index in [1.165, 1.54) is 43.9 Å². The third kappa shape index (κ3) is 3.78. The number of benzene rings is 1. The van der Waals surface area contributed by atoms with E-state index in [0.29, 0.717) is 9.92 Å². The molecule has 0 saturated carbocycles. The lowest BCUT2D eigenvalue weighted by Gasteiger charge is -2.12. The molecular formula is C22H16N6O4S2. The predicted octanol–water partition coefficient (Wildman–Crippen LogP) is 2.95. The number of thiazole rings is 2. The van der Waals surface area contributed by atoms with Crippen LogP contribution >= 0.6 is 22.7 Å². The van der Waals surface area contributed by atoms with E-state index in [4.69, 9.17) is 0 Å². The van der Waals surface area contributed by atoms with Crippen LogP contribution < -0.4 is 21.8 Å². The maximum Gasteiger partial charge on any atom is 0.271 e. The highest BCUT2D eigenvalue weighted by Gasteiger charge is 2.19. The van der Waals surface area contributed by atoms with Crippen LogP contribution in [0.3, 0.4) is 0 Å². The van der Waals surface area contributed by atoms with Crippen molar-refractivity contribution in [3.63, 3.8) is 0 Å². The summed E-state index contributed by atoms with van der Waals surface area (Å²) in [5.41, 5.74) is -0.757. The minimum atomic E-state index is -0.672. The highest BCUT2D eigenvalue weighted by molar-refractivity contribution is 7.17. The Balaban J connectivity index is 1.43. The number of rotatable bonds is 4. The maximum atomic E-state index is 12.9. The first-order valence-corrected chi connectivity index (χ1v) is 11.6. The first kappa shape index (κ1) is 21.7. The zero-order chi connectivity index (χ0) is 24.0. The minimum absolute atomic E-state index is 0.142. The van der Waals surface area contributed by atoms with Crippen LogP contribution in [0.4, 0.5) is 11.4 Å². The third-order valence-electron chi connectivity index (χ3n) is 4.96. The number of aryl methyl sites for hydroxylation is 2. The summed E-state index contributed by atoms with van der Waals surface area (Å²) in [7, 11) is 0. The van der Waals surface area contributed by atoms with Gasteiger partial charge >= 0.3 is 0 Å². The van der Waals surface area contributed by atoms with Crippen molar-refractivity contribution in [3.05, 3.63) is 90.6 Å². The number of para-hydroxylation sites is 2. The highest BCUT2D eigenvalue weighted by Crippen LogP contribution is 2.22. The molecule has 10 nitrogen and oxygen atoms in total. The summed E-state index contributed by atoms with van der Waals surface area (Å²) in [5.74, 6) is -1.34. The van der Waals surface area contributed by atoms with Crippen LogP contribution in [-0.2, 0) is 0 Å². The molecule has 12 heteroatoms. The van der Waals surface area contributed by atoms with E-state index in [9.17, 15) is 19.2 Å². The zero-order valence-electron chi connectivity index (χ0n) is 17.9. The van der Waals surface area contributed by atoms with E-state index in [1.54, 1.807) is 36.7 Å². The second-order valence-electron chi connectivity index (χ2n) is 7.40. The summed E-state index contributed by atoms with van der Waals surface area (Å²) in [4.78, 5) is 62.3. The van der Waals surface area contributed by atoms with Crippen LogP contribution in [0, 0.1) is 13.8 Å². The Labute approximate surface area is 199 Å². The van der Waals surface area contributed by atoms with Crippen molar-refractivity contribution in [2.24, 2.45) is 0 Å². The molecule has 0 atom stereocenters. The summed E-state index contributed by atoms with van der Waals surface area (Å²) < 4.78 is 2.65. The number of hydrogen-bond acceptors (Lipinski definition) is 8. The molecule has 4 aromatic heterocycles. The zero-order valence-corrected chi connectivity index (χ0v) is 19.5. The van der Waals surface area contributed by atoms with Crippen molar-refractivity contribution in [1.29, 1.82) is 0 Å². The van der Waals surface area contributed by atoms with Gasteiger partial charge in [-0.2, -0.15) is 0 Å². The average molecular weight is 493 g/mol. The minimum Gasteiger partial charge on any atom is -0.320 e. The number of nitrogens with zero attached hydrogens (tertiary/aromatic N) is 4.